The first-order chi connectivity index (χ1) is 10.1. The first kappa shape index (κ1) is 15.5. The Morgan fingerprint density at radius 3 is 2.48 bits per heavy atom. The molecule has 0 fully saturated rings. The van der Waals surface area contributed by atoms with Gasteiger partial charge in [-0.3, -0.25) is 0 Å². The third-order valence-corrected chi connectivity index (χ3v) is 6.42. The third-order valence-electron chi connectivity index (χ3n) is 3.48. The SMILES string of the molecule is Clc1cccc(C2OC(c3ccccc3)CC(Br)=C2I)c1. The Morgan fingerprint density at radius 2 is 1.76 bits per heavy atom. The van der Waals surface area contributed by atoms with Gasteiger partial charge in [0.1, 0.15) is 6.10 Å². The van der Waals surface area contributed by atoms with Gasteiger partial charge in [0.05, 0.1) is 6.10 Å². The largest absolute Gasteiger partial charge is 0.360 e. The minimum atomic E-state index is -0.0716. The Hall–Kier alpha value is -0.360. The second kappa shape index (κ2) is 6.82. The van der Waals surface area contributed by atoms with Crippen LogP contribution in [0, 0.1) is 0 Å². The van der Waals surface area contributed by atoms with E-state index in [1.165, 1.54) is 13.6 Å². The number of halogens is 3. The van der Waals surface area contributed by atoms with Gasteiger partial charge in [-0.15, -0.1) is 0 Å². The van der Waals surface area contributed by atoms with Crippen LogP contribution in [-0.4, -0.2) is 0 Å². The Bertz CT molecular complexity index is 672. The zero-order valence-corrected chi connectivity index (χ0v) is 15.6. The second-order valence-corrected chi connectivity index (χ2v) is 7.48. The maximum absolute atomic E-state index is 6.34. The molecule has 1 heterocycles. The summed E-state index contributed by atoms with van der Waals surface area (Å²) in [5.41, 5.74) is 2.29. The first-order valence-corrected chi connectivity index (χ1v) is 8.90. The molecule has 2 unspecified atom stereocenters. The minimum Gasteiger partial charge on any atom is -0.360 e. The average Bonchev–Trinajstić information content (AvgIpc) is 2.51. The Labute approximate surface area is 151 Å². The average molecular weight is 476 g/mol. The van der Waals surface area contributed by atoms with Crippen LogP contribution in [0.25, 0.3) is 0 Å². The summed E-state index contributed by atoms with van der Waals surface area (Å²) in [7, 11) is 0. The lowest BCUT2D eigenvalue weighted by Gasteiger charge is -2.31. The minimum absolute atomic E-state index is 0.0584. The van der Waals surface area contributed by atoms with Crippen LogP contribution in [0.3, 0.4) is 0 Å². The Morgan fingerprint density at radius 1 is 1.05 bits per heavy atom. The summed E-state index contributed by atoms with van der Waals surface area (Å²) < 4.78 is 8.73. The molecule has 0 bridgehead atoms. The topological polar surface area (TPSA) is 9.23 Å². The molecule has 0 saturated heterocycles. The van der Waals surface area contributed by atoms with Crippen LogP contribution in [0.4, 0.5) is 0 Å². The van der Waals surface area contributed by atoms with Gasteiger partial charge in [0.15, 0.2) is 0 Å². The van der Waals surface area contributed by atoms with Gasteiger partial charge in [-0.25, -0.2) is 0 Å². The third kappa shape index (κ3) is 3.52. The Balaban J connectivity index is 1.95. The van der Waals surface area contributed by atoms with Crippen LogP contribution in [0.2, 0.25) is 5.02 Å². The van der Waals surface area contributed by atoms with Crippen molar-refractivity contribution >= 4 is 50.1 Å². The molecule has 0 aromatic heterocycles. The van der Waals surface area contributed by atoms with Crippen molar-refractivity contribution in [1.82, 2.24) is 0 Å². The lowest BCUT2D eigenvalue weighted by atomic mass is 10.0. The van der Waals surface area contributed by atoms with Gasteiger partial charge in [0.2, 0.25) is 0 Å². The molecule has 108 valence electrons. The second-order valence-electron chi connectivity index (χ2n) is 4.93. The van der Waals surface area contributed by atoms with E-state index in [9.17, 15) is 0 Å². The summed E-state index contributed by atoms with van der Waals surface area (Å²) in [6.07, 6.45) is 0.847. The highest BCUT2D eigenvalue weighted by Crippen LogP contribution is 2.46. The molecule has 3 rings (SSSR count). The van der Waals surface area contributed by atoms with Crippen molar-refractivity contribution in [1.29, 1.82) is 0 Å². The predicted molar refractivity (Wildman–Crippen MR) is 99.1 cm³/mol. The number of rotatable bonds is 2. The number of hydrogen-bond acceptors (Lipinski definition) is 1. The van der Waals surface area contributed by atoms with Gasteiger partial charge < -0.3 is 4.74 Å². The van der Waals surface area contributed by atoms with Crippen molar-refractivity contribution in [2.45, 2.75) is 18.6 Å². The van der Waals surface area contributed by atoms with Crippen molar-refractivity contribution in [3.63, 3.8) is 0 Å². The summed E-state index contributed by atoms with van der Waals surface area (Å²) in [4.78, 5) is 0. The molecule has 0 N–H and O–H groups in total. The van der Waals surface area contributed by atoms with Crippen molar-refractivity contribution in [3.8, 4) is 0 Å². The predicted octanol–water partition coefficient (Wildman–Crippen LogP) is 6.58. The molecule has 1 aliphatic rings. The van der Waals surface area contributed by atoms with Crippen molar-refractivity contribution in [2.75, 3.05) is 0 Å². The summed E-state index contributed by atoms with van der Waals surface area (Å²) in [6.45, 7) is 0. The highest BCUT2D eigenvalue weighted by molar-refractivity contribution is 14.1. The first-order valence-electron chi connectivity index (χ1n) is 6.65. The zero-order valence-electron chi connectivity index (χ0n) is 11.1. The fourth-order valence-corrected chi connectivity index (χ4v) is 3.86. The van der Waals surface area contributed by atoms with Crippen LogP contribution in [0.15, 0.2) is 62.7 Å². The van der Waals surface area contributed by atoms with E-state index >= 15 is 0 Å². The molecule has 2 atom stereocenters. The lowest BCUT2D eigenvalue weighted by Crippen LogP contribution is -2.16. The molecule has 2 aromatic carbocycles. The molecule has 0 spiro atoms. The van der Waals surface area contributed by atoms with Gasteiger partial charge in [-0.1, -0.05) is 70.0 Å². The number of hydrogen-bond donors (Lipinski definition) is 0. The molecule has 1 nitrogen and oxygen atoms in total. The summed E-state index contributed by atoms with van der Waals surface area (Å²) in [5, 5.41) is 0.734. The maximum Gasteiger partial charge on any atom is 0.115 e. The maximum atomic E-state index is 6.34. The van der Waals surface area contributed by atoms with E-state index in [1.807, 2.05) is 36.4 Å². The van der Waals surface area contributed by atoms with E-state index in [1.54, 1.807) is 0 Å². The monoisotopic (exact) mass is 474 g/mol. The van der Waals surface area contributed by atoms with E-state index < -0.39 is 0 Å². The number of ether oxygens (including phenoxy) is 1. The van der Waals surface area contributed by atoms with Gasteiger partial charge in [-0.05, 0) is 45.9 Å². The molecule has 21 heavy (non-hydrogen) atoms. The molecule has 4 heteroatoms. The normalized spacial score (nSPS) is 22.4. The van der Waals surface area contributed by atoms with E-state index in [4.69, 9.17) is 16.3 Å². The number of benzene rings is 2. The van der Waals surface area contributed by atoms with Crippen LogP contribution in [0.1, 0.15) is 29.8 Å². The lowest BCUT2D eigenvalue weighted by molar-refractivity contribution is 0.00165. The summed E-state index contributed by atoms with van der Waals surface area (Å²) >= 11 is 12.2. The van der Waals surface area contributed by atoms with E-state index in [-0.39, 0.29) is 12.2 Å². The fourth-order valence-electron chi connectivity index (χ4n) is 2.43. The molecule has 1 aliphatic heterocycles. The highest BCUT2D eigenvalue weighted by Gasteiger charge is 2.29. The molecular formula is C17H13BrClIO. The van der Waals surface area contributed by atoms with Gasteiger partial charge in [0, 0.05) is 19.5 Å². The molecule has 2 aromatic rings. The van der Waals surface area contributed by atoms with E-state index in [0.717, 1.165) is 17.0 Å². The van der Waals surface area contributed by atoms with Crippen LogP contribution in [0.5, 0.6) is 0 Å². The van der Waals surface area contributed by atoms with Crippen LogP contribution >= 0.6 is 50.1 Å². The van der Waals surface area contributed by atoms with Crippen molar-refractivity contribution < 1.29 is 4.74 Å². The van der Waals surface area contributed by atoms with Crippen LogP contribution < -0.4 is 0 Å². The standard InChI is InChI=1S/C17H13BrClIO/c18-14-10-15(11-5-2-1-3-6-11)21-17(16(14)20)12-7-4-8-13(19)9-12/h1-9,15,17H,10H2. The van der Waals surface area contributed by atoms with E-state index in [2.05, 4.69) is 56.7 Å². The van der Waals surface area contributed by atoms with Crippen molar-refractivity contribution in [2.24, 2.45) is 0 Å². The Kier molecular flexibility index (Phi) is 5.04. The van der Waals surface area contributed by atoms with Crippen molar-refractivity contribution in [3.05, 3.63) is 78.8 Å². The van der Waals surface area contributed by atoms with Gasteiger partial charge >= 0.3 is 0 Å². The summed E-state index contributed by atoms with van der Waals surface area (Å²) in [6, 6.07) is 18.2. The summed E-state index contributed by atoms with van der Waals surface area (Å²) in [5.74, 6) is 0. The van der Waals surface area contributed by atoms with Gasteiger partial charge in [0.25, 0.3) is 0 Å². The molecule has 0 saturated carbocycles. The fraction of sp³-hybridized carbons (Fsp3) is 0.176. The molecule has 0 radical (unpaired) electrons. The van der Waals surface area contributed by atoms with Crippen LogP contribution in [-0.2, 0) is 4.74 Å². The highest BCUT2D eigenvalue weighted by atomic mass is 127. The van der Waals surface area contributed by atoms with Gasteiger partial charge in [-0.2, -0.15) is 0 Å². The molecule has 0 amide bonds. The molecular weight excluding hydrogens is 462 g/mol. The quantitative estimate of drug-likeness (QED) is 0.446. The zero-order chi connectivity index (χ0) is 14.8. The molecule has 0 aliphatic carbocycles. The van der Waals surface area contributed by atoms with E-state index in [0.29, 0.717) is 0 Å². The smallest absolute Gasteiger partial charge is 0.115 e.